The lowest BCUT2D eigenvalue weighted by Gasteiger charge is -2.36. The van der Waals surface area contributed by atoms with Crippen LogP contribution in [0.4, 0.5) is 5.69 Å². The quantitative estimate of drug-likeness (QED) is 0.785. The molecule has 0 radical (unpaired) electrons. The normalized spacial score (nSPS) is 24.9. The molecule has 0 spiro atoms. The Bertz CT molecular complexity index is 801. The van der Waals surface area contributed by atoms with Gasteiger partial charge in [0.15, 0.2) is 5.88 Å². The molecule has 1 aromatic heterocycles. The van der Waals surface area contributed by atoms with Crippen molar-refractivity contribution < 1.29 is 14.6 Å². The molecule has 1 aliphatic heterocycles. The van der Waals surface area contributed by atoms with Crippen molar-refractivity contribution in [1.82, 2.24) is 9.88 Å². The van der Waals surface area contributed by atoms with E-state index in [1.165, 1.54) is 0 Å². The highest BCUT2D eigenvalue weighted by atomic mass is 16.5. The molecule has 0 saturated heterocycles. The lowest BCUT2D eigenvalue weighted by Crippen LogP contribution is -2.46. The van der Waals surface area contributed by atoms with E-state index in [0.29, 0.717) is 11.3 Å². The molecule has 1 fully saturated rings. The van der Waals surface area contributed by atoms with Gasteiger partial charge in [-0.3, -0.25) is 4.79 Å². The Labute approximate surface area is 146 Å². The maximum absolute atomic E-state index is 12.7. The number of carbonyl (C=O) groups is 1. The Morgan fingerprint density at radius 2 is 2.12 bits per heavy atom. The highest BCUT2D eigenvalue weighted by molar-refractivity contribution is 5.77. The van der Waals surface area contributed by atoms with Crippen molar-refractivity contribution in [2.24, 2.45) is 0 Å². The fourth-order valence-corrected chi connectivity index (χ4v) is 4.40. The zero-order chi connectivity index (χ0) is 17.6. The first-order valence-corrected chi connectivity index (χ1v) is 8.70. The lowest BCUT2D eigenvalue weighted by atomic mass is 9.95. The number of benzene rings is 1. The highest BCUT2D eigenvalue weighted by Gasteiger charge is 2.44. The van der Waals surface area contributed by atoms with E-state index in [0.717, 1.165) is 30.5 Å². The van der Waals surface area contributed by atoms with Gasteiger partial charge in [0, 0.05) is 24.7 Å². The van der Waals surface area contributed by atoms with Crippen LogP contribution in [0.15, 0.2) is 30.5 Å². The second-order valence-electron chi connectivity index (χ2n) is 6.78. The minimum absolute atomic E-state index is 0.00283. The fraction of sp³-hybridized carbons (Fsp3) is 0.421. The summed E-state index contributed by atoms with van der Waals surface area (Å²) in [5, 5.41) is 14.0. The summed E-state index contributed by atoms with van der Waals surface area (Å²) in [5.41, 5.74) is 2.44. The van der Waals surface area contributed by atoms with Crippen LogP contribution in [0.1, 0.15) is 43.4 Å². The highest BCUT2D eigenvalue weighted by Crippen LogP contribution is 2.47. The number of H-pyrrole nitrogens is 1. The van der Waals surface area contributed by atoms with Gasteiger partial charge >= 0.3 is 0 Å². The van der Waals surface area contributed by atoms with Crippen molar-refractivity contribution in [3.8, 4) is 11.6 Å². The third kappa shape index (κ3) is 2.44. The van der Waals surface area contributed by atoms with Crippen LogP contribution in [0.2, 0.25) is 0 Å². The average molecular weight is 341 g/mol. The molecule has 3 atom stereocenters. The number of aromatic amines is 1. The van der Waals surface area contributed by atoms with Gasteiger partial charge in [0.05, 0.1) is 30.4 Å². The number of para-hydroxylation sites is 1. The number of aromatic nitrogens is 1. The van der Waals surface area contributed by atoms with E-state index in [1.807, 2.05) is 29.2 Å². The van der Waals surface area contributed by atoms with Gasteiger partial charge in [-0.2, -0.15) is 0 Å². The van der Waals surface area contributed by atoms with E-state index in [1.54, 1.807) is 20.2 Å². The predicted octanol–water partition coefficient (Wildman–Crippen LogP) is 3.01. The van der Waals surface area contributed by atoms with Crippen LogP contribution >= 0.6 is 0 Å². The lowest BCUT2D eigenvalue weighted by molar-refractivity contribution is -0.133. The van der Waals surface area contributed by atoms with Crippen LogP contribution in [-0.4, -0.2) is 40.1 Å². The summed E-state index contributed by atoms with van der Waals surface area (Å²) >= 11 is 0. The summed E-state index contributed by atoms with van der Waals surface area (Å²) in [7, 11) is 1.63. The van der Waals surface area contributed by atoms with Crippen LogP contribution < -0.4 is 10.1 Å². The monoisotopic (exact) mass is 341 g/mol. The van der Waals surface area contributed by atoms with E-state index in [2.05, 4.69) is 10.3 Å². The van der Waals surface area contributed by atoms with Crippen molar-refractivity contribution in [3.63, 3.8) is 0 Å². The molecular weight excluding hydrogens is 318 g/mol. The second kappa shape index (κ2) is 6.02. The number of methoxy groups -OCH3 is 1. The molecule has 2 aromatic rings. The molecule has 1 amide bonds. The van der Waals surface area contributed by atoms with Crippen molar-refractivity contribution in [3.05, 3.63) is 41.6 Å². The van der Waals surface area contributed by atoms with E-state index in [-0.39, 0.29) is 23.9 Å². The molecule has 1 aliphatic carbocycles. The number of fused-ring (bicyclic) bond motifs is 2. The number of aromatic hydroxyl groups is 1. The molecule has 3 unspecified atom stereocenters. The molecule has 1 aromatic carbocycles. The molecule has 6 nitrogen and oxygen atoms in total. The zero-order valence-corrected chi connectivity index (χ0v) is 14.5. The molecule has 6 heteroatoms. The maximum Gasteiger partial charge on any atom is 0.220 e. The molecule has 25 heavy (non-hydrogen) atoms. The van der Waals surface area contributed by atoms with E-state index >= 15 is 0 Å². The first-order valence-electron chi connectivity index (χ1n) is 8.70. The van der Waals surface area contributed by atoms with E-state index < -0.39 is 6.04 Å². The third-order valence-electron chi connectivity index (χ3n) is 5.42. The number of hydrogen-bond donors (Lipinski definition) is 3. The number of amides is 1. The van der Waals surface area contributed by atoms with Crippen LogP contribution in [0.5, 0.6) is 11.6 Å². The molecule has 1 saturated carbocycles. The Hall–Kier alpha value is -2.63. The number of nitrogens with one attached hydrogen (secondary N) is 2. The smallest absolute Gasteiger partial charge is 0.220 e. The van der Waals surface area contributed by atoms with Gasteiger partial charge in [0.2, 0.25) is 5.91 Å². The summed E-state index contributed by atoms with van der Waals surface area (Å²) in [6.07, 6.45) is 4.83. The van der Waals surface area contributed by atoms with Gasteiger partial charge in [-0.15, -0.1) is 0 Å². The van der Waals surface area contributed by atoms with Crippen LogP contribution in [0, 0.1) is 0 Å². The van der Waals surface area contributed by atoms with Crippen LogP contribution in [-0.2, 0) is 4.79 Å². The Balaban J connectivity index is 1.96. The number of ether oxygens (including phenoxy) is 1. The standard InChI is InChI=1S/C19H23N3O3/c1-11(23)22-15-8-5-7-13(15)21-14-10-20-19(24)17(14)18(22)12-6-3-4-9-16(12)25-2/h3-4,6,9-10,13,15,18,20-21,24H,5,7-8H2,1-2H3. The molecule has 4 rings (SSSR count). The fourth-order valence-electron chi connectivity index (χ4n) is 4.40. The average Bonchev–Trinajstić information content (AvgIpc) is 3.17. The van der Waals surface area contributed by atoms with Gasteiger partial charge in [-0.25, -0.2) is 0 Å². The van der Waals surface area contributed by atoms with Crippen molar-refractivity contribution in [2.75, 3.05) is 12.4 Å². The summed E-state index contributed by atoms with van der Waals surface area (Å²) in [5.74, 6) is 0.800. The van der Waals surface area contributed by atoms with E-state index in [4.69, 9.17) is 4.74 Å². The van der Waals surface area contributed by atoms with Crippen LogP contribution in [0.25, 0.3) is 0 Å². The Morgan fingerprint density at radius 3 is 2.88 bits per heavy atom. The Morgan fingerprint density at radius 1 is 1.32 bits per heavy atom. The summed E-state index contributed by atoms with van der Waals surface area (Å²) in [6.45, 7) is 1.60. The topological polar surface area (TPSA) is 77.6 Å². The van der Waals surface area contributed by atoms with Crippen LogP contribution in [0.3, 0.4) is 0 Å². The molecule has 132 valence electrons. The van der Waals surface area contributed by atoms with E-state index in [9.17, 15) is 9.90 Å². The summed E-state index contributed by atoms with van der Waals surface area (Å²) < 4.78 is 5.56. The van der Waals surface area contributed by atoms with Gasteiger partial charge in [-0.1, -0.05) is 18.2 Å². The molecular formula is C19H23N3O3. The number of hydrogen-bond acceptors (Lipinski definition) is 4. The minimum atomic E-state index is -0.393. The van der Waals surface area contributed by atoms with Crippen molar-refractivity contribution in [1.29, 1.82) is 0 Å². The summed E-state index contributed by atoms with van der Waals surface area (Å²) in [4.78, 5) is 17.5. The second-order valence-corrected chi connectivity index (χ2v) is 6.78. The largest absolute Gasteiger partial charge is 0.496 e. The molecule has 2 aliphatic rings. The first kappa shape index (κ1) is 15.9. The van der Waals surface area contributed by atoms with Gasteiger partial charge in [0.1, 0.15) is 5.75 Å². The van der Waals surface area contributed by atoms with Gasteiger partial charge < -0.3 is 25.0 Å². The number of carbonyl (C=O) groups excluding carboxylic acids is 1. The number of anilines is 1. The SMILES string of the molecule is COc1ccccc1C1c2c(c[nH]c2O)NC2CCCC2N1C(C)=O. The maximum atomic E-state index is 12.7. The number of nitrogens with zero attached hydrogens (tertiary/aromatic N) is 1. The predicted molar refractivity (Wildman–Crippen MR) is 94.9 cm³/mol. The Kier molecular flexibility index (Phi) is 3.82. The first-order chi connectivity index (χ1) is 12.1. The van der Waals surface area contributed by atoms with Gasteiger partial charge in [0.25, 0.3) is 0 Å². The van der Waals surface area contributed by atoms with Crippen molar-refractivity contribution >= 4 is 11.6 Å². The van der Waals surface area contributed by atoms with Gasteiger partial charge in [-0.05, 0) is 25.3 Å². The number of rotatable bonds is 2. The molecule has 2 heterocycles. The van der Waals surface area contributed by atoms with Crippen molar-refractivity contribution in [2.45, 2.75) is 44.3 Å². The third-order valence-corrected chi connectivity index (χ3v) is 5.42. The molecule has 3 N–H and O–H groups in total. The minimum Gasteiger partial charge on any atom is -0.496 e. The molecule has 0 bridgehead atoms. The zero-order valence-electron chi connectivity index (χ0n) is 14.5. The summed E-state index contributed by atoms with van der Waals surface area (Å²) in [6, 6.07) is 7.59.